The van der Waals surface area contributed by atoms with E-state index in [2.05, 4.69) is 64.5 Å². The van der Waals surface area contributed by atoms with Crippen molar-refractivity contribution in [2.75, 3.05) is 6.54 Å². The molecule has 0 atom stereocenters. The molecular weight excluding hydrogens is 244 g/mol. The highest BCUT2D eigenvalue weighted by atomic mass is 15.2. The van der Waals surface area contributed by atoms with Gasteiger partial charge in [0, 0.05) is 36.2 Å². The minimum Gasteiger partial charge on any atom is -0.357 e. The van der Waals surface area contributed by atoms with Crippen molar-refractivity contribution in [1.29, 1.82) is 0 Å². The Hall–Kier alpha value is -2.06. The van der Waals surface area contributed by atoms with Crippen molar-refractivity contribution in [2.24, 2.45) is 0 Å². The molecule has 0 saturated carbocycles. The molecule has 3 aromatic rings. The largest absolute Gasteiger partial charge is 0.357 e. The fourth-order valence-electron chi connectivity index (χ4n) is 3.16. The second-order valence-corrected chi connectivity index (χ2v) is 5.57. The van der Waals surface area contributed by atoms with Gasteiger partial charge < -0.3 is 4.98 Å². The van der Waals surface area contributed by atoms with Crippen molar-refractivity contribution in [1.82, 2.24) is 9.88 Å². The van der Waals surface area contributed by atoms with E-state index in [-0.39, 0.29) is 0 Å². The topological polar surface area (TPSA) is 19.0 Å². The van der Waals surface area contributed by atoms with Gasteiger partial charge in [-0.25, -0.2) is 0 Å². The summed E-state index contributed by atoms with van der Waals surface area (Å²) in [5.41, 5.74) is 5.60. The Morgan fingerprint density at radius 1 is 0.900 bits per heavy atom. The normalized spacial score (nSPS) is 14.8. The molecule has 4 rings (SSSR count). The third-order valence-corrected chi connectivity index (χ3v) is 4.22. The van der Waals surface area contributed by atoms with Crippen molar-refractivity contribution in [3.05, 3.63) is 71.4 Å². The fraction of sp³-hybridized carbons (Fsp3) is 0.222. The molecule has 1 aromatic heterocycles. The number of nitrogens with one attached hydrogen (secondary N) is 1. The first-order chi connectivity index (χ1) is 9.90. The first-order valence-electron chi connectivity index (χ1n) is 7.25. The van der Waals surface area contributed by atoms with Crippen LogP contribution < -0.4 is 0 Å². The fourth-order valence-corrected chi connectivity index (χ4v) is 3.16. The third kappa shape index (κ3) is 2.02. The molecule has 0 bridgehead atoms. The molecule has 2 aromatic carbocycles. The first kappa shape index (κ1) is 11.7. The predicted octanol–water partition coefficient (Wildman–Crippen LogP) is 3.73. The van der Waals surface area contributed by atoms with Crippen LogP contribution in [0, 0.1) is 0 Å². The lowest BCUT2D eigenvalue weighted by Gasteiger charge is -2.15. The van der Waals surface area contributed by atoms with Crippen LogP contribution in [0.4, 0.5) is 0 Å². The summed E-state index contributed by atoms with van der Waals surface area (Å²) >= 11 is 0. The number of aromatic nitrogens is 1. The monoisotopic (exact) mass is 262 g/mol. The van der Waals surface area contributed by atoms with Crippen LogP contribution in [-0.4, -0.2) is 16.4 Å². The minimum absolute atomic E-state index is 1.05. The molecule has 20 heavy (non-hydrogen) atoms. The van der Waals surface area contributed by atoms with E-state index in [1.165, 1.54) is 27.7 Å². The van der Waals surface area contributed by atoms with Crippen LogP contribution >= 0.6 is 0 Å². The van der Waals surface area contributed by atoms with Crippen molar-refractivity contribution >= 4 is 10.9 Å². The molecule has 0 aliphatic carbocycles. The highest BCUT2D eigenvalue weighted by Crippen LogP contribution is 2.30. The van der Waals surface area contributed by atoms with Crippen LogP contribution in [0.2, 0.25) is 0 Å². The molecule has 0 fully saturated rings. The average molecular weight is 262 g/mol. The molecule has 1 aliphatic heterocycles. The Morgan fingerprint density at radius 3 is 2.60 bits per heavy atom. The molecule has 2 nitrogen and oxygen atoms in total. The van der Waals surface area contributed by atoms with Gasteiger partial charge in [0.2, 0.25) is 0 Å². The Morgan fingerprint density at radius 2 is 1.70 bits per heavy atom. The Labute approximate surface area is 119 Å². The summed E-state index contributed by atoms with van der Waals surface area (Å²) in [5, 5.41) is 1.39. The molecule has 0 radical (unpaired) electrons. The van der Waals surface area contributed by atoms with Crippen LogP contribution in [0.5, 0.6) is 0 Å². The van der Waals surface area contributed by atoms with Gasteiger partial charge in [0.15, 0.2) is 0 Å². The number of nitrogens with zero attached hydrogens (tertiary/aromatic N) is 1. The summed E-state index contributed by atoms with van der Waals surface area (Å²) in [7, 11) is 0. The predicted molar refractivity (Wildman–Crippen MR) is 82.6 cm³/mol. The maximum Gasteiger partial charge on any atom is 0.0459 e. The van der Waals surface area contributed by atoms with E-state index in [9.17, 15) is 0 Å². The zero-order valence-corrected chi connectivity index (χ0v) is 11.5. The SMILES string of the molecule is c1ccc(CCN2Cc3[nH]c4ccccc4c3C2)cc1. The molecule has 1 aliphatic rings. The molecule has 2 heterocycles. The zero-order valence-electron chi connectivity index (χ0n) is 11.5. The number of hydrogen-bond acceptors (Lipinski definition) is 1. The molecular formula is C18H18N2. The maximum atomic E-state index is 3.56. The van der Waals surface area contributed by atoms with Crippen LogP contribution in [-0.2, 0) is 19.5 Å². The van der Waals surface area contributed by atoms with Gasteiger partial charge in [-0.2, -0.15) is 0 Å². The Bertz CT molecular complexity index is 728. The van der Waals surface area contributed by atoms with Crippen LogP contribution in [0.25, 0.3) is 10.9 Å². The van der Waals surface area contributed by atoms with E-state index >= 15 is 0 Å². The number of hydrogen-bond donors (Lipinski definition) is 1. The first-order valence-corrected chi connectivity index (χ1v) is 7.25. The molecule has 0 spiro atoms. The molecule has 0 unspecified atom stereocenters. The number of para-hydroxylation sites is 1. The zero-order chi connectivity index (χ0) is 13.4. The van der Waals surface area contributed by atoms with Crippen molar-refractivity contribution < 1.29 is 0 Å². The van der Waals surface area contributed by atoms with Gasteiger partial charge in [-0.1, -0.05) is 48.5 Å². The number of rotatable bonds is 3. The van der Waals surface area contributed by atoms with E-state index < -0.39 is 0 Å². The smallest absolute Gasteiger partial charge is 0.0459 e. The van der Waals surface area contributed by atoms with Gasteiger partial charge >= 0.3 is 0 Å². The standard InChI is InChI=1S/C18H18N2/c1-2-6-14(7-3-1)10-11-20-12-16-15-8-4-5-9-17(15)19-18(16)13-20/h1-9,19H,10-13H2. The maximum absolute atomic E-state index is 3.56. The van der Waals surface area contributed by atoms with Crippen LogP contribution in [0.3, 0.4) is 0 Å². The van der Waals surface area contributed by atoms with E-state index in [0.717, 1.165) is 26.1 Å². The highest BCUT2D eigenvalue weighted by molar-refractivity contribution is 5.85. The highest BCUT2D eigenvalue weighted by Gasteiger charge is 2.22. The van der Waals surface area contributed by atoms with Gasteiger partial charge in [-0.3, -0.25) is 4.90 Å². The average Bonchev–Trinajstić information content (AvgIpc) is 3.03. The van der Waals surface area contributed by atoms with Crippen molar-refractivity contribution in [3.63, 3.8) is 0 Å². The van der Waals surface area contributed by atoms with E-state index in [4.69, 9.17) is 0 Å². The summed E-state index contributed by atoms with van der Waals surface area (Å²) < 4.78 is 0. The number of aromatic amines is 1. The van der Waals surface area contributed by atoms with Gasteiger partial charge in [0.25, 0.3) is 0 Å². The third-order valence-electron chi connectivity index (χ3n) is 4.22. The molecule has 0 saturated heterocycles. The molecule has 2 heteroatoms. The number of benzene rings is 2. The second-order valence-electron chi connectivity index (χ2n) is 5.57. The Kier molecular flexibility index (Phi) is 2.82. The summed E-state index contributed by atoms with van der Waals surface area (Å²) in [6, 6.07) is 19.4. The van der Waals surface area contributed by atoms with E-state index in [1.807, 2.05) is 0 Å². The molecule has 0 amide bonds. The van der Waals surface area contributed by atoms with Gasteiger partial charge in [0.1, 0.15) is 0 Å². The van der Waals surface area contributed by atoms with E-state index in [1.54, 1.807) is 0 Å². The van der Waals surface area contributed by atoms with Gasteiger partial charge in [-0.15, -0.1) is 0 Å². The molecule has 100 valence electrons. The summed E-state index contributed by atoms with van der Waals surface area (Å²) in [5.74, 6) is 0. The van der Waals surface area contributed by atoms with Crippen molar-refractivity contribution in [3.8, 4) is 0 Å². The van der Waals surface area contributed by atoms with Gasteiger partial charge in [0.05, 0.1) is 0 Å². The number of fused-ring (bicyclic) bond motifs is 3. The van der Waals surface area contributed by atoms with Crippen molar-refractivity contribution in [2.45, 2.75) is 19.5 Å². The lowest BCUT2D eigenvalue weighted by Crippen LogP contribution is -2.19. The summed E-state index contributed by atoms with van der Waals surface area (Å²) in [6.07, 6.45) is 1.13. The lowest BCUT2D eigenvalue weighted by molar-refractivity contribution is 0.286. The van der Waals surface area contributed by atoms with Gasteiger partial charge in [-0.05, 0) is 23.6 Å². The van der Waals surface area contributed by atoms with Crippen LogP contribution in [0.1, 0.15) is 16.8 Å². The van der Waals surface area contributed by atoms with Crippen LogP contribution in [0.15, 0.2) is 54.6 Å². The molecule has 1 N–H and O–H groups in total. The minimum atomic E-state index is 1.05. The van der Waals surface area contributed by atoms with E-state index in [0.29, 0.717) is 0 Å². The number of H-pyrrole nitrogens is 1. The summed E-state index contributed by atoms with van der Waals surface area (Å²) in [6.45, 7) is 3.25. The lowest BCUT2D eigenvalue weighted by atomic mass is 10.1. The second kappa shape index (κ2) is 4.80. The summed E-state index contributed by atoms with van der Waals surface area (Å²) in [4.78, 5) is 6.09. The quantitative estimate of drug-likeness (QED) is 0.762. The Balaban J connectivity index is 1.48.